The SMILES string of the molecule is Cn1c(=NC(=O)Cc2ccc(Cl)cc2)sc2cc3c(cc21)OCCO3. The van der Waals surface area contributed by atoms with Gasteiger partial charge in [-0.25, -0.2) is 0 Å². The number of fused-ring (bicyclic) bond motifs is 2. The number of hydrogen-bond acceptors (Lipinski definition) is 4. The van der Waals surface area contributed by atoms with E-state index in [0.717, 1.165) is 27.3 Å². The molecule has 0 bridgehead atoms. The van der Waals surface area contributed by atoms with Crippen LogP contribution in [0.5, 0.6) is 11.5 Å². The average molecular weight is 375 g/mol. The van der Waals surface area contributed by atoms with Gasteiger partial charge in [-0.3, -0.25) is 4.79 Å². The molecule has 7 heteroatoms. The van der Waals surface area contributed by atoms with Crippen molar-refractivity contribution in [2.24, 2.45) is 12.0 Å². The maximum absolute atomic E-state index is 12.3. The van der Waals surface area contributed by atoms with Crippen LogP contribution in [0.25, 0.3) is 10.2 Å². The maximum atomic E-state index is 12.3. The van der Waals surface area contributed by atoms with Crippen LogP contribution >= 0.6 is 22.9 Å². The largest absolute Gasteiger partial charge is 0.486 e. The van der Waals surface area contributed by atoms with Crippen molar-refractivity contribution in [3.8, 4) is 11.5 Å². The van der Waals surface area contributed by atoms with Gasteiger partial charge in [-0.2, -0.15) is 4.99 Å². The maximum Gasteiger partial charge on any atom is 0.252 e. The van der Waals surface area contributed by atoms with Crippen LogP contribution in [0.2, 0.25) is 5.02 Å². The number of benzene rings is 2. The number of amides is 1. The molecule has 0 aliphatic carbocycles. The molecule has 128 valence electrons. The molecule has 25 heavy (non-hydrogen) atoms. The third kappa shape index (κ3) is 3.27. The number of aromatic nitrogens is 1. The minimum atomic E-state index is -0.193. The van der Waals surface area contributed by atoms with Gasteiger partial charge in [-0.1, -0.05) is 35.1 Å². The number of rotatable bonds is 2. The fraction of sp³-hybridized carbons (Fsp3) is 0.222. The molecule has 2 heterocycles. The highest BCUT2D eigenvalue weighted by molar-refractivity contribution is 7.16. The second kappa shape index (κ2) is 6.54. The summed E-state index contributed by atoms with van der Waals surface area (Å²) in [5, 5.41) is 0.650. The highest BCUT2D eigenvalue weighted by Crippen LogP contribution is 2.35. The van der Waals surface area contributed by atoms with E-state index >= 15 is 0 Å². The first kappa shape index (κ1) is 16.2. The van der Waals surface area contributed by atoms with Crippen LogP contribution in [0.4, 0.5) is 0 Å². The highest BCUT2D eigenvalue weighted by Gasteiger charge is 2.15. The Morgan fingerprint density at radius 3 is 2.60 bits per heavy atom. The Labute approximate surface area is 153 Å². The average Bonchev–Trinajstić information content (AvgIpc) is 2.90. The summed E-state index contributed by atoms with van der Waals surface area (Å²) in [6.07, 6.45) is 0.244. The van der Waals surface area contributed by atoms with Crippen LogP contribution in [-0.2, 0) is 18.3 Å². The monoisotopic (exact) mass is 374 g/mol. The molecule has 0 spiro atoms. The number of thiazole rings is 1. The normalized spacial score (nSPS) is 14.1. The van der Waals surface area contributed by atoms with Crippen LogP contribution in [0, 0.1) is 0 Å². The molecule has 1 aromatic heterocycles. The van der Waals surface area contributed by atoms with Crippen molar-refractivity contribution in [1.82, 2.24) is 4.57 Å². The van der Waals surface area contributed by atoms with Crippen molar-refractivity contribution in [1.29, 1.82) is 0 Å². The van der Waals surface area contributed by atoms with E-state index in [1.807, 2.05) is 35.9 Å². The summed E-state index contributed by atoms with van der Waals surface area (Å²) in [7, 11) is 1.89. The summed E-state index contributed by atoms with van der Waals surface area (Å²) < 4.78 is 14.1. The number of halogens is 1. The molecule has 2 aromatic carbocycles. The first-order valence-corrected chi connectivity index (χ1v) is 9.01. The third-order valence-corrected chi connectivity index (χ3v) is 5.31. The van der Waals surface area contributed by atoms with Gasteiger partial charge >= 0.3 is 0 Å². The van der Waals surface area contributed by atoms with Crippen molar-refractivity contribution < 1.29 is 14.3 Å². The van der Waals surface area contributed by atoms with Crippen LogP contribution < -0.4 is 14.3 Å². The van der Waals surface area contributed by atoms with Crippen molar-refractivity contribution in [2.45, 2.75) is 6.42 Å². The zero-order valence-electron chi connectivity index (χ0n) is 13.5. The van der Waals surface area contributed by atoms with Gasteiger partial charge in [0.25, 0.3) is 5.91 Å². The molecule has 3 aromatic rings. The second-order valence-corrected chi connectivity index (χ2v) is 7.16. The summed E-state index contributed by atoms with van der Waals surface area (Å²) in [6, 6.07) is 11.1. The number of carbonyl (C=O) groups excluding carboxylic acids is 1. The molecule has 1 aliphatic rings. The lowest BCUT2D eigenvalue weighted by atomic mass is 10.1. The van der Waals surface area contributed by atoms with Crippen LogP contribution in [0.15, 0.2) is 41.4 Å². The molecule has 5 nitrogen and oxygen atoms in total. The Balaban J connectivity index is 1.68. The van der Waals surface area contributed by atoms with Gasteiger partial charge in [0.05, 0.1) is 16.6 Å². The molecule has 0 fully saturated rings. The van der Waals surface area contributed by atoms with Gasteiger partial charge in [0.15, 0.2) is 16.3 Å². The molecule has 0 saturated heterocycles. The van der Waals surface area contributed by atoms with Gasteiger partial charge in [-0.15, -0.1) is 0 Å². The number of carbonyl (C=O) groups is 1. The van der Waals surface area contributed by atoms with Crippen molar-refractivity contribution in [2.75, 3.05) is 13.2 Å². The second-order valence-electron chi connectivity index (χ2n) is 5.72. The van der Waals surface area contributed by atoms with Crippen LogP contribution in [-0.4, -0.2) is 23.7 Å². The smallest absolute Gasteiger partial charge is 0.252 e. The Kier molecular flexibility index (Phi) is 4.23. The predicted molar refractivity (Wildman–Crippen MR) is 97.5 cm³/mol. The quantitative estimate of drug-likeness (QED) is 0.691. The van der Waals surface area contributed by atoms with Gasteiger partial charge in [0.1, 0.15) is 13.2 Å². The molecule has 0 atom stereocenters. The lowest BCUT2D eigenvalue weighted by Crippen LogP contribution is -2.16. The summed E-state index contributed by atoms with van der Waals surface area (Å²) in [5.74, 6) is 1.27. The Bertz CT molecular complexity index is 1020. The van der Waals surface area contributed by atoms with E-state index in [9.17, 15) is 4.79 Å². The molecule has 0 unspecified atom stereocenters. The van der Waals surface area contributed by atoms with Crippen molar-refractivity contribution in [3.63, 3.8) is 0 Å². The highest BCUT2D eigenvalue weighted by atomic mass is 35.5. The summed E-state index contributed by atoms with van der Waals surface area (Å²) >= 11 is 7.32. The van der Waals surface area contributed by atoms with Gasteiger partial charge in [0, 0.05) is 24.2 Å². The summed E-state index contributed by atoms with van der Waals surface area (Å²) in [4.78, 5) is 17.2. The molecule has 1 amide bonds. The zero-order chi connectivity index (χ0) is 17.4. The molecule has 0 saturated carbocycles. The van der Waals surface area contributed by atoms with E-state index in [1.165, 1.54) is 11.3 Å². The van der Waals surface area contributed by atoms with Gasteiger partial charge in [-0.05, 0) is 17.7 Å². The van der Waals surface area contributed by atoms with E-state index in [-0.39, 0.29) is 12.3 Å². The fourth-order valence-electron chi connectivity index (χ4n) is 2.69. The lowest BCUT2D eigenvalue weighted by Gasteiger charge is -2.18. The number of nitrogens with zero attached hydrogens (tertiary/aromatic N) is 2. The van der Waals surface area contributed by atoms with E-state index < -0.39 is 0 Å². The molecule has 4 rings (SSSR count). The number of hydrogen-bond donors (Lipinski definition) is 0. The molecular weight excluding hydrogens is 360 g/mol. The van der Waals surface area contributed by atoms with E-state index in [4.69, 9.17) is 21.1 Å². The number of aryl methyl sites for hydroxylation is 1. The van der Waals surface area contributed by atoms with Gasteiger partial charge < -0.3 is 14.0 Å². The Morgan fingerprint density at radius 2 is 1.88 bits per heavy atom. The standard InChI is InChI=1S/C18H15ClN2O3S/c1-21-13-9-14-15(24-7-6-23-14)10-16(13)25-18(21)20-17(22)8-11-2-4-12(19)5-3-11/h2-5,9-10H,6-8H2,1H3. The van der Waals surface area contributed by atoms with E-state index in [2.05, 4.69) is 4.99 Å². The minimum absolute atomic E-state index is 0.193. The first-order valence-electron chi connectivity index (χ1n) is 7.81. The van der Waals surface area contributed by atoms with E-state index in [1.54, 1.807) is 12.1 Å². The van der Waals surface area contributed by atoms with Crippen LogP contribution in [0.1, 0.15) is 5.56 Å². The minimum Gasteiger partial charge on any atom is -0.486 e. The molecule has 0 N–H and O–H groups in total. The first-order chi connectivity index (χ1) is 12.1. The summed E-state index contributed by atoms with van der Waals surface area (Å²) in [6.45, 7) is 1.09. The molecular formula is C18H15ClN2O3S. The third-order valence-electron chi connectivity index (χ3n) is 3.96. The Morgan fingerprint density at radius 1 is 1.20 bits per heavy atom. The predicted octanol–water partition coefficient (Wildman–Crippen LogP) is 3.33. The lowest BCUT2D eigenvalue weighted by molar-refractivity contribution is -0.117. The summed E-state index contributed by atoms with van der Waals surface area (Å²) in [5.41, 5.74) is 1.85. The number of ether oxygens (including phenoxy) is 2. The molecule has 1 aliphatic heterocycles. The van der Waals surface area contributed by atoms with E-state index in [0.29, 0.717) is 23.0 Å². The van der Waals surface area contributed by atoms with Crippen molar-refractivity contribution in [3.05, 3.63) is 51.8 Å². The van der Waals surface area contributed by atoms with Gasteiger partial charge in [0.2, 0.25) is 0 Å². The topological polar surface area (TPSA) is 52.8 Å². The Hall–Kier alpha value is -2.31. The zero-order valence-corrected chi connectivity index (χ0v) is 15.1. The van der Waals surface area contributed by atoms with Crippen LogP contribution in [0.3, 0.4) is 0 Å². The fourth-order valence-corrected chi connectivity index (χ4v) is 3.87. The molecule has 0 radical (unpaired) electrons. The van der Waals surface area contributed by atoms with Crippen molar-refractivity contribution >= 4 is 39.1 Å².